The largest absolute Gasteiger partial charge is 0.411 e. The number of thioether (sulfide) groups is 1. The number of hydrogen-bond donors (Lipinski definition) is 1. The highest BCUT2D eigenvalue weighted by molar-refractivity contribution is 7.98. The molecule has 0 saturated carbocycles. The van der Waals surface area contributed by atoms with Crippen LogP contribution in [0.3, 0.4) is 0 Å². The summed E-state index contributed by atoms with van der Waals surface area (Å²) in [5, 5.41) is 12.5. The molecule has 5 aromatic rings. The molecule has 0 aliphatic heterocycles. The maximum Gasteiger partial charge on any atom is 0.277 e. The third kappa shape index (κ3) is 4.42. The van der Waals surface area contributed by atoms with Crippen molar-refractivity contribution >= 4 is 50.7 Å². The number of aromatic amines is 1. The van der Waals surface area contributed by atoms with Crippen molar-refractivity contribution in [2.75, 3.05) is 4.90 Å². The number of hydrogen-bond acceptors (Lipinski definition) is 7. The summed E-state index contributed by atoms with van der Waals surface area (Å²) in [6, 6.07) is 16.0. The van der Waals surface area contributed by atoms with Gasteiger partial charge in [-0.15, -0.1) is 21.5 Å². The van der Waals surface area contributed by atoms with Gasteiger partial charge in [0.15, 0.2) is 5.13 Å². The number of carbonyl (C=O) groups excluding carboxylic acids is 1. The van der Waals surface area contributed by atoms with E-state index in [0.29, 0.717) is 22.0 Å². The zero-order valence-corrected chi connectivity index (χ0v) is 19.7. The number of fused-ring (bicyclic) bond motifs is 1. The van der Waals surface area contributed by atoms with Gasteiger partial charge in [0.05, 0.1) is 16.9 Å². The molecule has 7 nitrogen and oxygen atoms in total. The van der Waals surface area contributed by atoms with E-state index >= 15 is 0 Å². The van der Waals surface area contributed by atoms with Gasteiger partial charge in [0.2, 0.25) is 5.91 Å². The van der Waals surface area contributed by atoms with E-state index in [1.807, 2.05) is 60.1 Å². The van der Waals surface area contributed by atoms with Crippen molar-refractivity contribution in [3.05, 3.63) is 71.4 Å². The number of H-pyrrole nitrogens is 1. The van der Waals surface area contributed by atoms with Crippen LogP contribution in [0.25, 0.3) is 22.4 Å². The van der Waals surface area contributed by atoms with Crippen LogP contribution in [0.1, 0.15) is 25.1 Å². The van der Waals surface area contributed by atoms with Gasteiger partial charge >= 0.3 is 0 Å². The van der Waals surface area contributed by atoms with Crippen LogP contribution in [0.5, 0.6) is 0 Å². The fraction of sp³-hybridized carbons (Fsp3) is 0.167. The Hall–Kier alpha value is -3.43. The highest BCUT2D eigenvalue weighted by Gasteiger charge is 2.19. The zero-order valence-electron chi connectivity index (χ0n) is 18.1. The van der Waals surface area contributed by atoms with E-state index in [-0.39, 0.29) is 5.91 Å². The molecular formula is C24H21N5O2S2. The number of thiazole rings is 1. The number of aromatic nitrogens is 4. The van der Waals surface area contributed by atoms with Gasteiger partial charge in [0.25, 0.3) is 11.1 Å². The first-order valence-electron chi connectivity index (χ1n) is 10.5. The molecule has 2 aromatic carbocycles. The number of nitrogens with one attached hydrogen (secondary N) is 1. The molecule has 0 spiro atoms. The molecule has 0 aliphatic rings. The Balaban J connectivity index is 1.29. The number of aryl methyl sites for hydroxylation is 1. The van der Waals surface area contributed by atoms with E-state index in [9.17, 15) is 4.79 Å². The van der Waals surface area contributed by atoms with Gasteiger partial charge in [-0.3, -0.25) is 9.69 Å². The molecule has 0 fully saturated rings. The molecular weight excluding hydrogens is 454 g/mol. The predicted molar refractivity (Wildman–Crippen MR) is 132 cm³/mol. The van der Waals surface area contributed by atoms with E-state index in [0.717, 1.165) is 34.3 Å². The third-order valence-electron chi connectivity index (χ3n) is 5.22. The van der Waals surface area contributed by atoms with E-state index < -0.39 is 0 Å². The SMILES string of the molecule is CCc1ccc(N(C(C)=O)c2nc(CSc3nnc(-c4c[nH]c5ccccc45)o3)cs2)cc1. The first kappa shape index (κ1) is 21.4. The Labute approximate surface area is 198 Å². The van der Waals surface area contributed by atoms with E-state index in [1.54, 1.807) is 11.8 Å². The minimum atomic E-state index is -0.0759. The number of amides is 1. The summed E-state index contributed by atoms with van der Waals surface area (Å²) in [5.74, 6) is 0.965. The zero-order chi connectivity index (χ0) is 22.8. The summed E-state index contributed by atoms with van der Waals surface area (Å²) in [4.78, 5) is 21.9. The number of para-hydroxylation sites is 1. The number of anilines is 2. The minimum absolute atomic E-state index is 0.0759. The molecule has 3 aromatic heterocycles. The molecule has 9 heteroatoms. The van der Waals surface area contributed by atoms with Gasteiger partial charge < -0.3 is 9.40 Å². The standard InChI is InChI=1S/C24H21N5O2S2/c1-3-16-8-10-18(11-9-16)29(15(2)30)23-26-17(13-32-23)14-33-24-28-27-22(31-24)20-12-25-21-7-5-4-6-19(20)21/h4-13,25H,3,14H2,1-2H3. The van der Waals surface area contributed by atoms with E-state index in [1.165, 1.54) is 28.7 Å². The maximum atomic E-state index is 12.3. The van der Waals surface area contributed by atoms with Gasteiger partial charge in [-0.25, -0.2) is 4.98 Å². The van der Waals surface area contributed by atoms with Gasteiger partial charge in [-0.2, -0.15) is 0 Å². The number of rotatable bonds is 7. The predicted octanol–water partition coefficient (Wildman–Crippen LogP) is 6.21. The molecule has 0 unspecified atom stereocenters. The summed E-state index contributed by atoms with van der Waals surface area (Å²) < 4.78 is 5.87. The molecule has 0 radical (unpaired) electrons. The molecule has 0 atom stereocenters. The first-order valence-corrected chi connectivity index (χ1v) is 12.4. The molecule has 166 valence electrons. The maximum absolute atomic E-state index is 12.3. The van der Waals surface area contributed by atoms with Crippen molar-refractivity contribution in [2.45, 2.75) is 31.2 Å². The second kappa shape index (κ2) is 9.21. The Morgan fingerprint density at radius 1 is 1.15 bits per heavy atom. The van der Waals surface area contributed by atoms with Crippen LogP contribution in [-0.4, -0.2) is 26.1 Å². The average molecular weight is 476 g/mol. The van der Waals surface area contributed by atoms with Crippen LogP contribution >= 0.6 is 23.1 Å². The topological polar surface area (TPSA) is 87.9 Å². The van der Waals surface area contributed by atoms with Crippen molar-refractivity contribution < 1.29 is 9.21 Å². The van der Waals surface area contributed by atoms with Crippen molar-refractivity contribution in [1.29, 1.82) is 0 Å². The number of nitrogens with zero attached hydrogens (tertiary/aromatic N) is 4. The number of carbonyl (C=O) groups is 1. The van der Waals surface area contributed by atoms with Gasteiger partial charge in [0.1, 0.15) is 0 Å². The summed E-state index contributed by atoms with van der Waals surface area (Å²) in [5.41, 5.74) is 4.79. The van der Waals surface area contributed by atoms with Crippen molar-refractivity contribution in [3.8, 4) is 11.5 Å². The smallest absolute Gasteiger partial charge is 0.277 e. The Kier molecular flexibility index (Phi) is 5.97. The molecule has 33 heavy (non-hydrogen) atoms. The van der Waals surface area contributed by atoms with E-state index in [4.69, 9.17) is 4.42 Å². The molecule has 0 saturated heterocycles. The molecule has 1 N–H and O–H groups in total. The van der Waals surface area contributed by atoms with Crippen molar-refractivity contribution in [1.82, 2.24) is 20.2 Å². The molecule has 5 rings (SSSR count). The lowest BCUT2D eigenvalue weighted by Crippen LogP contribution is -2.22. The van der Waals surface area contributed by atoms with Crippen LogP contribution in [0.15, 0.2) is 69.7 Å². The highest BCUT2D eigenvalue weighted by Crippen LogP contribution is 2.33. The minimum Gasteiger partial charge on any atom is -0.411 e. The summed E-state index contributed by atoms with van der Waals surface area (Å²) in [7, 11) is 0. The lowest BCUT2D eigenvalue weighted by Gasteiger charge is -2.18. The summed E-state index contributed by atoms with van der Waals surface area (Å²) in [6.45, 7) is 3.66. The van der Waals surface area contributed by atoms with Crippen LogP contribution in [0, 0.1) is 0 Å². The van der Waals surface area contributed by atoms with Crippen LogP contribution in [-0.2, 0) is 17.0 Å². The monoisotopic (exact) mass is 475 g/mol. The Morgan fingerprint density at radius 2 is 1.97 bits per heavy atom. The van der Waals surface area contributed by atoms with E-state index in [2.05, 4.69) is 27.1 Å². The summed E-state index contributed by atoms with van der Waals surface area (Å²) in [6.07, 6.45) is 2.83. The van der Waals surface area contributed by atoms with Crippen LogP contribution in [0.4, 0.5) is 10.8 Å². The van der Waals surface area contributed by atoms with Gasteiger partial charge in [0, 0.05) is 35.2 Å². The van der Waals surface area contributed by atoms with Gasteiger partial charge in [-0.1, -0.05) is 49.0 Å². The fourth-order valence-electron chi connectivity index (χ4n) is 3.53. The Morgan fingerprint density at radius 3 is 2.76 bits per heavy atom. The van der Waals surface area contributed by atoms with Crippen molar-refractivity contribution in [3.63, 3.8) is 0 Å². The van der Waals surface area contributed by atoms with Crippen molar-refractivity contribution in [2.24, 2.45) is 0 Å². The Bertz CT molecular complexity index is 1400. The normalized spacial score (nSPS) is 11.2. The van der Waals surface area contributed by atoms with Gasteiger partial charge in [-0.05, 0) is 30.2 Å². The van der Waals surface area contributed by atoms with Crippen LogP contribution in [0.2, 0.25) is 0 Å². The highest BCUT2D eigenvalue weighted by atomic mass is 32.2. The second-order valence-corrected chi connectivity index (χ2v) is 9.17. The third-order valence-corrected chi connectivity index (χ3v) is 6.94. The second-order valence-electron chi connectivity index (χ2n) is 7.41. The first-order chi connectivity index (χ1) is 16.1. The lowest BCUT2D eigenvalue weighted by molar-refractivity contribution is -0.115. The summed E-state index contributed by atoms with van der Waals surface area (Å²) >= 11 is 2.86. The quantitative estimate of drug-likeness (QED) is 0.281. The molecule has 0 bridgehead atoms. The molecule has 3 heterocycles. The lowest BCUT2D eigenvalue weighted by atomic mass is 10.1. The van der Waals surface area contributed by atoms with Crippen LogP contribution < -0.4 is 4.90 Å². The molecule has 1 amide bonds. The number of benzene rings is 2. The molecule has 0 aliphatic carbocycles. The fourth-order valence-corrected chi connectivity index (χ4v) is 5.18. The average Bonchev–Trinajstić information content (AvgIpc) is 3.57.